The number of hydrogen-bond donors (Lipinski definition) is 1. The summed E-state index contributed by atoms with van der Waals surface area (Å²) in [6.45, 7) is 0.243. The fraction of sp³-hybridized carbons (Fsp3) is 0.300. The van der Waals surface area contributed by atoms with Crippen LogP contribution in [0.2, 0.25) is 10.0 Å². The third kappa shape index (κ3) is 4.26. The van der Waals surface area contributed by atoms with Crippen LogP contribution in [-0.2, 0) is 9.63 Å². The van der Waals surface area contributed by atoms with E-state index in [0.29, 0.717) is 15.8 Å². The van der Waals surface area contributed by atoms with Gasteiger partial charge in [-0.1, -0.05) is 23.2 Å². The van der Waals surface area contributed by atoms with Crippen LogP contribution < -0.4 is 10.2 Å². The minimum Gasteiger partial charge on any atom is -0.493 e. The standard InChI is InChI=1S/C10H11Cl2NO3/c1-15-13-10(14)4-5-16-7-2-3-8(11)9(12)6-7/h2-3,6H,4-5H2,1H3,(H,13,14). The summed E-state index contributed by atoms with van der Waals surface area (Å²) in [4.78, 5) is 15.4. The molecule has 1 N–H and O–H groups in total. The van der Waals surface area contributed by atoms with E-state index in [4.69, 9.17) is 27.9 Å². The fourth-order valence-corrected chi connectivity index (χ4v) is 1.28. The lowest BCUT2D eigenvalue weighted by Gasteiger charge is -2.06. The number of benzene rings is 1. The van der Waals surface area contributed by atoms with E-state index in [1.54, 1.807) is 18.2 Å². The first-order valence-corrected chi connectivity index (χ1v) is 5.28. The van der Waals surface area contributed by atoms with Crippen LogP contribution in [0.3, 0.4) is 0 Å². The Kier molecular flexibility index (Phi) is 5.38. The van der Waals surface area contributed by atoms with Crippen molar-refractivity contribution in [2.45, 2.75) is 6.42 Å². The third-order valence-corrected chi connectivity index (χ3v) is 2.44. The quantitative estimate of drug-likeness (QED) is 0.831. The molecule has 4 nitrogen and oxygen atoms in total. The smallest absolute Gasteiger partial charge is 0.246 e. The molecule has 0 fully saturated rings. The van der Waals surface area contributed by atoms with Crippen molar-refractivity contribution >= 4 is 29.1 Å². The van der Waals surface area contributed by atoms with E-state index in [0.717, 1.165) is 0 Å². The first-order chi connectivity index (χ1) is 7.63. The Labute approximate surface area is 103 Å². The van der Waals surface area contributed by atoms with Gasteiger partial charge in [-0.05, 0) is 12.1 Å². The minimum atomic E-state index is -0.248. The minimum absolute atomic E-state index is 0.202. The largest absolute Gasteiger partial charge is 0.493 e. The van der Waals surface area contributed by atoms with Crippen LogP contribution in [0.25, 0.3) is 0 Å². The Morgan fingerprint density at radius 1 is 1.38 bits per heavy atom. The molecule has 0 heterocycles. The molecule has 0 radical (unpaired) electrons. The molecule has 16 heavy (non-hydrogen) atoms. The zero-order valence-electron chi connectivity index (χ0n) is 8.63. The Morgan fingerprint density at radius 3 is 2.75 bits per heavy atom. The highest BCUT2D eigenvalue weighted by molar-refractivity contribution is 6.42. The molecule has 1 aromatic rings. The molecule has 0 bridgehead atoms. The van der Waals surface area contributed by atoms with Crippen molar-refractivity contribution < 1.29 is 14.4 Å². The Bertz CT molecular complexity index is 371. The Hall–Kier alpha value is -0.970. The highest BCUT2D eigenvalue weighted by Crippen LogP contribution is 2.26. The zero-order chi connectivity index (χ0) is 12.0. The summed E-state index contributed by atoms with van der Waals surface area (Å²) in [6, 6.07) is 4.91. The van der Waals surface area contributed by atoms with Gasteiger partial charge in [0.15, 0.2) is 0 Å². The molecule has 88 valence electrons. The van der Waals surface area contributed by atoms with E-state index >= 15 is 0 Å². The van der Waals surface area contributed by atoms with Crippen LogP contribution >= 0.6 is 23.2 Å². The van der Waals surface area contributed by atoms with Gasteiger partial charge in [-0.2, -0.15) is 0 Å². The normalized spacial score (nSPS) is 9.94. The molecule has 0 atom stereocenters. The van der Waals surface area contributed by atoms with Gasteiger partial charge in [0.25, 0.3) is 0 Å². The number of ether oxygens (including phenoxy) is 1. The van der Waals surface area contributed by atoms with E-state index in [1.807, 2.05) is 0 Å². The fourth-order valence-electron chi connectivity index (χ4n) is 0.993. The highest BCUT2D eigenvalue weighted by Gasteiger charge is 2.03. The monoisotopic (exact) mass is 263 g/mol. The Balaban J connectivity index is 2.37. The van der Waals surface area contributed by atoms with Gasteiger partial charge in [-0.15, -0.1) is 0 Å². The van der Waals surface area contributed by atoms with Crippen molar-refractivity contribution in [3.63, 3.8) is 0 Å². The highest BCUT2D eigenvalue weighted by atomic mass is 35.5. The molecule has 0 aliphatic carbocycles. The van der Waals surface area contributed by atoms with Gasteiger partial charge < -0.3 is 4.74 Å². The first kappa shape index (κ1) is 13.1. The van der Waals surface area contributed by atoms with E-state index in [9.17, 15) is 4.79 Å². The van der Waals surface area contributed by atoms with Crippen molar-refractivity contribution in [1.29, 1.82) is 0 Å². The molecule has 6 heteroatoms. The summed E-state index contributed by atoms with van der Waals surface area (Å²) in [7, 11) is 1.37. The average Bonchev–Trinajstić information content (AvgIpc) is 2.24. The molecule has 0 saturated carbocycles. The van der Waals surface area contributed by atoms with Gasteiger partial charge in [0.1, 0.15) is 5.75 Å². The molecular weight excluding hydrogens is 253 g/mol. The van der Waals surface area contributed by atoms with Crippen LogP contribution in [0.5, 0.6) is 5.75 Å². The van der Waals surface area contributed by atoms with Crippen molar-refractivity contribution in [3.05, 3.63) is 28.2 Å². The van der Waals surface area contributed by atoms with Crippen LogP contribution in [-0.4, -0.2) is 19.6 Å². The summed E-state index contributed by atoms with van der Waals surface area (Å²) < 4.78 is 5.30. The Morgan fingerprint density at radius 2 is 2.12 bits per heavy atom. The molecule has 0 spiro atoms. The maximum Gasteiger partial charge on any atom is 0.246 e. The van der Waals surface area contributed by atoms with Crippen LogP contribution in [0.1, 0.15) is 6.42 Å². The summed E-state index contributed by atoms with van der Waals surface area (Å²) in [5.74, 6) is 0.321. The number of hydroxylamine groups is 1. The van der Waals surface area contributed by atoms with Gasteiger partial charge in [0.2, 0.25) is 5.91 Å². The van der Waals surface area contributed by atoms with E-state index < -0.39 is 0 Å². The first-order valence-electron chi connectivity index (χ1n) is 4.53. The van der Waals surface area contributed by atoms with Gasteiger partial charge in [-0.25, -0.2) is 5.48 Å². The molecule has 0 unspecified atom stereocenters. The van der Waals surface area contributed by atoms with Gasteiger partial charge in [-0.3, -0.25) is 9.63 Å². The van der Waals surface area contributed by atoms with Crippen molar-refractivity contribution in [1.82, 2.24) is 5.48 Å². The van der Waals surface area contributed by atoms with Crippen molar-refractivity contribution in [3.8, 4) is 5.75 Å². The number of carbonyl (C=O) groups excluding carboxylic acids is 1. The van der Waals surface area contributed by atoms with Gasteiger partial charge in [0, 0.05) is 6.07 Å². The molecule has 0 aromatic heterocycles. The SMILES string of the molecule is CONC(=O)CCOc1ccc(Cl)c(Cl)c1. The lowest BCUT2D eigenvalue weighted by Crippen LogP contribution is -2.23. The second-order valence-corrected chi connectivity index (χ2v) is 3.72. The molecule has 1 aromatic carbocycles. The van der Waals surface area contributed by atoms with Gasteiger partial charge in [0.05, 0.1) is 30.2 Å². The second kappa shape index (κ2) is 6.58. The van der Waals surface area contributed by atoms with Crippen LogP contribution in [0.15, 0.2) is 18.2 Å². The van der Waals surface area contributed by atoms with Gasteiger partial charge >= 0.3 is 0 Å². The topological polar surface area (TPSA) is 47.6 Å². The predicted molar refractivity (Wildman–Crippen MR) is 61.7 cm³/mol. The van der Waals surface area contributed by atoms with E-state index in [2.05, 4.69) is 10.3 Å². The molecule has 1 amide bonds. The molecule has 0 aliphatic heterocycles. The summed E-state index contributed by atoms with van der Waals surface area (Å²) in [5.41, 5.74) is 2.19. The molecule has 0 aliphatic rings. The predicted octanol–water partition coefficient (Wildman–Crippen LogP) is 2.44. The molecule has 1 rings (SSSR count). The summed E-state index contributed by atoms with van der Waals surface area (Å²) in [5, 5.41) is 0.881. The molecule has 0 saturated heterocycles. The van der Waals surface area contributed by atoms with E-state index in [1.165, 1.54) is 7.11 Å². The second-order valence-electron chi connectivity index (χ2n) is 2.90. The number of carbonyl (C=O) groups is 1. The zero-order valence-corrected chi connectivity index (χ0v) is 10.1. The lowest BCUT2D eigenvalue weighted by molar-refractivity contribution is -0.131. The van der Waals surface area contributed by atoms with Crippen molar-refractivity contribution in [2.24, 2.45) is 0 Å². The number of halogens is 2. The maximum atomic E-state index is 11.0. The van der Waals surface area contributed by atoms with Crippen LogP contribution in [0.4, 0.5) is 0 Å². The summed E-state index contributed by atoms with van der Waals surface area (Å²) in [6.07, 6.45) is 0.202. The number of amides is 1. The average molecular weight is 264 g/mol. The van der Waals surface area contributed by atoms with E-state index in [-0.39, 0.29) is 18.9 Å². The van der Waals surface area contributed by atoms with Crippen molar-refractivity contribution in [2.75, 3.05) is 13.7 Å². The number of nitrogens with one attached hydrogen (secondary N) is 1. The third-order valence-electron chi connectivity index (χ3n) is 1.70. The number of hydrogen-bond acceptors (Lipinski definition) is 3. The molecular formula is C10H11Cl2NO3. The number of rotatable bonds is 5. The van der Waals surface area contributed by atoms with Crippen LogP contribution in [0, 0.1) is 0 Å². The lowest BCUT2D eigenvalue weighted by atomic mass is 10.3. The summed E-state index contributed by atoms with van der Waals surface area (Å²) >= 11 is 11.5. The maximum absolute atomic E-state index is 11.0.